The summed E-state index contributed by atoms with van der Waals surface area (Å²) in [6, 6.07) is 24.5. The van der Waals surface area contributed by atoms with Crippen LogP contribution in [0.15, 0.2) is 72.8 Å². The quantitative estimate of drug-likeness (QED) is 0.528. The third kappa shape index (κ3) is 3.30. The maximum atomic E-state index is 12.8. The van der Waals surface area contributed by atoms with E-state index in [1.807, 2.05) is 48.5 Å². The molecule has 5 rings (SSSR count). The number of fused-ring (bicyclic) bond motifs is 2. The van der Waals surface area contributed by atoms with E-state index >= 15 is 0 Å². The van der Waals surface area contributed by atoms with Gasteiger partial charge >= 0.3 is 0 Å². The highest BCUT2D eigenvalue weighted by Gasteiger charge is 2.29. The number of carbonyl (C=O) groups excluding carboxylic acids is 1. The van der Waals surface area contributed by atoms with E-state index in [1.54, 1.807) is 0 Å². The molecule has 2 N–H and O–H groups in total. The van der Waals surface area contributed by atoms with Crippen molar-refractivity contribution in [2.24, 2.45) is 0 Å². The van der Waals surface area contributed by atoms with Crippen molar-refractivity contribution in [3.63, 3.8) is 0 Å². The second kappa shape index (κ2) is 7.18. The highest BCUT2D eigenvalue weighted by atomic mass is 16.1. The fourth-order valence-electron chi connectivity index (χ4n) is 3.99. The summed E-state index contributed by atoms with van der Waals surface area (Å²) in [5, 5.41) is 12.6. The number of nitrogens with one attached hydrogen (secondary N) is 2. The molecule has 144 valence electrons. The molecule has 1 unspecified atom stereocenters. The van der Waals surface area contributed by atoms with Gasteiger partial charge in [0, 0.05) is 30.3 Å². The van der Waals surface area contributed by atoms with Gasteiger partial charge in [0.15, 0.2) is 5.82 Å². The molecule has 29 heavy (non-hydrogen) atoms. The molecule has 5 heteroatoms. The Bertz CT molecular complexity index is 1180. The number of benzene rings is 3. The average Bonchev–Trinajstić information content (AvgIpc) is 3.35. The van der Waals surface area contributed by atoms with Crippen LogP contribution in [0.4, 0.5) is 5.82 Å². The normalized spacial score (nSPS) is 14.7. The second-order valence-corrected chi connectivity index (χ2v) is 7.54. The van der Waals surface area contributed by atoms with Gasteiger partial charge in [-0.05, 0) is 35.4 Å². The van der Waals surface area contributed by atoms with E-state index in [0.29, 0.717) is 17.4 Å². The van der Waals surface area contributed by atoms with Crippen LogP contribution in [0.2, 0.25) is 0 Å². The number of rotatable bonds is 4. The fraction of sp³-hybridized carbons (Fsp3) is 0.167. The molecule has 0 bridgehead atoms. The first-order chi connectivity index (χ1) is 14.2. The highest BCUT2D eigenvalue weighted by molar-refractivity contribution is 6.06. The maximum Gasteiger partial charge on any atom is 0.256 e. The van der Waals surface area contributed by atoms with Crippen LogP contribution in [0.5, 0.6) is 0 Å². The molecule has 1 amide bonds. The Hall–Kier alpha value is -3.44. The summed E-state index contributed by atoms with van der Waals surface area (Å²) in [4.78, 5) is 15.2. The lowest BCUT2D eigenvalue weighted by Gasteiger charge is -2.24. The number of nitrogens with zero attached hydrogens (tertiary/aromatic N) is 2. The Labute approximate surface area is 169 Å². The molecule has 0 aliphatic carbocycles. The molecule has 2 heterocycles. The highest BCUT2D eigenvalue weighted by Crippen LogP contribution is 2.33. The smallest absolute Gasteiger partial charge is 0.256 e. The van der Waals surface area contributed by atoms with Crippen LogP contribution in [0.1, 0.15) is 40.1 Å². The number of hydrogen-bond acceptors (Lipinski definition) is 3. The summed E-state index contributed by atoms with van der Waals surface area (Å²) in [7, 11) is 0. The number of hydrogen-bond donors (Lipinski definition) is 2. The first-order valence-electron chi connectivity index (χ1n) is 9.84. The molecule has 0 radical (unpaired) electrons. The number of carbonyl (C=O) groups is 1. The first-order valence-corrected chi connectivity index (χ1v) is 9.84. The molecule has 0 spiro atoms. The maximum absolute atomic E-state index is 12.8. The van der Waals surface area contributed by atoms with Crippen LogP contribution in [-0.4, -0.2) is 21.0 Å². The number of aromatic amines is 1. The number of amides is 1. The SMILES string of the molecule is CC(c1ccccc1)N1Cc2[nH]nc(NC(=O)c3ccc4ccccc4c3)c2C1. The molecule has 4 aromatic rings. The number of anilines is 1. The Balaban J connectivity index is 1.34. The lowest BCUT2D eigenvalue weighted by molar-refractivity contribution is 0.102. The van der Waals surface area contributed by atoms with Crippen molar-refractivity contribution in [1.82, 2.24) is 15.1 Å². The van der Waals surface area contributed by atoms with E-state index in [1.165, 1.54) is 5.56 Å². The van der Waals surface area contributed by atoms with Crippen molar-refractivity contribution in [3.8, 4) is 0 Å². The fourth-order valence-corrected chi connectivity index (χ4v) is 3.99. The summed E-state index contributed by atoms with van der Waals surface area (Å²) in [5.41, 5.74) is 4.06. The average molecular weight is 382 g/mol. The predicted octanol–water partition coefficient (Wildman–Crippen LogP) is 4.89. The second-order valence-electron chi connectivity index (χ2n) is 7.54. The lowest BCUT2D eigenvalue weighted by Crippen LogP contribution is -2.22. The molecule has 0 saturated carbocycles. The topological polar surface area (TPSA) is 61.0 Å². The molecule has 5 nitrogen and oxygen atoms in total. The van der Waals surface area contributed by atoms with E-state index in [0.717, 1.165) is 35.1 Å². The van der Waals surface area contributed by atoms with Gasteiger partial charge in [0.05, 0.1) is 5.69 Å². The van der Waals surface area contributed by atoms with Crippen LogP contribution in [-0.2, 0) is 13.1 Å². The van der Waals surface area contributed by atoms with Gasteiger partial charge in [-0.3, -0.25) is 14.8 Å². The van der Waals surface area contributed by atoms with Crippen molar-refractivity contribution >= 4 is 22.5 Å². The van der Waals surface area contributed by atoms with Crippen molar-refractivity contribution < 1.29 is 4.79 Å². The van der Waals surface area contributed by atoms with Crippen LogP contribution in [0, 0.1) is 0 Å². The lowest BCUT2D eigenvalue weighted by atomic mass is 10.1. The van der Waals surface area contributed by atoms with E-state index in [2.05, 4.69) is 51.6 Å². The Morgan fingerprint density at radius 1 is 1.00 bits per heavy atom. The van der Waals surface area contributed by atoms with Gasteiger partial charge in [0.25, 0.3) is 5.91 Å². The van der Waals surface area contributed by atoms with Gasteiger partial charge in [-0.15, -0.1) is 0 Å². The third-order valence-electron chi connectivity index (χ3n) is 5.75. The molecule has 3 aromatic carbocycles. The van der Waals surface area contributed by atoms with E-state index in [-0.39, 0.29) is 5.91 Å². The van der Waals surface area contributed by atoms with Gasteiger partial charge < -0.3 is 5.32 Å². The van der Waals surface area contributed by atoms with E-state index in [9.17, 15) is 4.79 Å². The van der Waals surface area contributed by atoms with Crippen LogP contribution in [0.25, 0.3) is 10.8 Å². The molecule has 1 aromatic heterocycles. The van der Waals surface area contributed by atoms with Gasteiger partial charge in [0.1, 0.15) is 0 Å². The molecular formula is C24H22N4O. The summed E-state index contributed by atoms with van der Waals surface area (Å²) in [6.07, 6.45) is 0. The zero-order chi connectivity index (χ0) is 19.8. The number of H-pyrrole nitrogens is 1. The number of aromatic nitrogens is 2. The minimum atomic E-state index is -0.139. The summed E-state index contributed by atoms with van der Waals surface area (Å²) >= 11 is 0. The summed E-state index contributed by atoms with van der Waals surface area (Å²) in [5.74, 6) is 0.487. The summed E-state index contributed by atoms with van der Waals surface area (Å²) < 4.78 is 0. The van der Waals surface area contributed by atoms with Crippen LogP contribution in [0.3, 0.4) is 0 Å². The Morgan fingerprint density at radius 3 is 2.59 bits per heavy atom. The predicted molar refractivity (Wildman–Crippen MR) is 115 cm³/mol. The third-order valence-corrected chi connectivity index (χ3v) is 5.75. The van der Waals surface area contributed by atoms with Crippen molar-refractivity contribution in [1.29, 1.82) is 0 Å². The molecule has 0 fully saturated rings. The Morgan fingerprint density at radius 2 is 1.76 bits per heavy atom. The van der Waals surface area contributed by atoms with E-state index < -0.39 is 0 Å². The van der Waals surface area contributed by atoms with Crippen molar-refractivity contribution in [3.05, 3.63) is 95.2 Å². The molecule has 0 saturated heterocycles. The molecular weight excluding hydrogens is 360 g/mol. The summed E-state index contributed by atoms with van der Waals surface area (Å²) in [6.45, 7) is 3.77. The van der Waals surface area contributed by atoms with Gasteiger partial charge in [-0.25, -0.2) is 0 Å². The van der Waals surface area contributed by atoms with Crippen LogP contribution >= 0.6 is 0 Å². The molecule has 1 atom stereocenters. The zero-order valence-corrected chi connectivity index (χ0v) is 16.2. The largest absolute Gasteiger partial charge is 0.305 e. The van der Waals surface area contributed by atoms with Crippen molar-refractivity contribution in [2.45, 2.75) is 26.1 Å². The molecule has 1 aliphatic heterocycles. The monoisotopic (exact) mass is 382 g/mol. The van der Waals surface area contributed by atoms with E-state index in [4.69, 9.17) is 0 Å². The van der Waals surface area contributed by atoms with Gasteiger partial charge in [-0.1, -0.05) is 60.7 Å². The first kappa shape index (κ1) is 17.6. The Kier molecular flexibility index (Phi) is 4.37. The minimum Gasteiger partial charge on any atom is -0.305 e. The van der Waals surface area contributed by atoms with Gasteiger partial charge in [-0.2, -0.15) is 5.10 Å². The standard InChI is InChI=1S/C24H22N4O/c1-16(17-7-3-2-4-8-17)28-14-21-22(15-28)26-27-23(21)25-24(29)20-12-11-18-9-5-6-10-19(18)13-20/h2-13,16H,14-15H2,1H3,(H2,25,26,27,29). The van der Waals surface area contributed by atoms with Crippen LogP contribution < -0.4 is 5.32 Å². The van der Waals surface area contributed by atoms with Gasteiger partial charge in [0.2, 0.25) is 0 Å². The molecule has 1 aliphatic rings. The minimum absolute atomic E-state index is 0.139. The zero-order valence-electron chi connectivity index (χ0n) is 16.2. The van der Waals surface area contributed by atoms with Crippen molar-refractivity contribution in [2.75, 3.05) is 5.32 Å².